The van der Waals surface area contributed by atoms with Crippen LogP contribution in [0.4, 0.5) is 14.5 Å². The Labute approximate surface area is 125 Å². The molecule has 0 fully saturated rings. The minimum Gasteiger partial charge on any atom is -0.326 e. The predicted molar refractivity (Wildman–Crippen MR) is 80.6 cm³/mol. The van der Waals surface area contributed by atoms with Gasteiger partial charge in [0.1, 0.15) is 0 Å². The molecule has 0 aliphatic heterocycles. The van der Waals surface area contributed by atoms with E-state index < -0.39 is 5.76 Å². The summed E-state index contributed by atoms with van der Waals surface area (Å²) in [4.78, 5) is 12.5. The maximum Gasteiger partial charge on any atom is 0.288 e. The summed E-state index contributed by atoms with van der Waals surface area (Å²) in [7, 11) is 0. The lowest BCUT2D eigenvalue weighted by Gasteiger charge is -2.07. The second kappa shape index (κ2) is 7.19. The van der Waals surface area contributed by atoms with E-state index in [1.54, 1.807) is 48.5 Å². The number of anilines is 1. The van der Waals surface area contributed by atoms with Crippen LogP contribution >= 0.6 is 11.8 Å². The second-order valence-corrected chi connectivity index (χ2v) is 5.32. The largest absolute Gasteiger partial charge is 0.326 e. The van der Waals surface area contributed by atoms with Gasteiger partial charge in [-0.05, 0) is 42.0 Å². The van der Waals surface area contributed by atoms with Crippen molar-refractivity contribution in [1.82, 2.24) is 0 Å². The second-order valence-electron chi connectivity index (χ2n) is 4.26. The van der Waals surface area contributed by atoms with E-state index >= 15 is 0 Å². The number of halogens is 2. The van der Waals surface area contributed by atoms with E-state index in [9.17, 15) is 13.6 Å². The smallest absolute Gasteiger partial charge is 0.288 e. The maximum absolute atomic E-state index is 12.2. The van der Waals surface area contributed by atoms with Crippen molar-refractivity contribution in [1.29, 1.82) is 0 Å². The fourth-order valence-corrected chi connectivity index (χ4v) is 2.21. The maximum atomic E-state index is 12.2. The lowest BCUT2D eigenvalue weighted by Crippen LogP contribution is -2.12. The minimum absolute atomic E-state index is 0.257. The zero-order valence-electron chi connectivity index (χ0n) is 11.1. The number of rotatable bonds is 5. The molecule has 0 spiro atoms. The Kier molecular flexibility index (Phi) is 5.30. The molecule has 0 aliphatic carbocycles. The van der Waals surface area contributed by atoms with E-state index in [0.29, 0.717) is 34.5 Å². The van der Waals surface area contributed by atoms with Crippen LogP contribution in [0.3, 0.4) is 0 Å². The van der Waals surface area contributed by atoms with Gasteiger partial charge in [-0.1, -0.05) is 23.9 Å². The summed E-state index contributed by atoms with van der Waals surface area (Å²) in [5.74, 6) is -2.71. The van der Waals surface area contributed by atoms with Gasteiger partial charge in [0.2, 0.25) is 0 Å². The molecule has 3 nitrogen and oxygen atoms in total. The van der Waals surface area contributed by atoms with Gasteiger partial charge in [0.05, 0.1) is 0 Å². The number of carbonyl (C=O) groups is 1. The van der Waals surface area contributed by atoms with E-state index in [4.69, 9.17) is 5.73 Å². The van der Waals surface area contributed by atoms with Gasteiger partial charge in [0.25, 0.3) is 11.7 Å². The molecule has 0 unspecified atom stereocenters. The number of benzene rings is 2. The molecule has 3 N–H and O–H groups in total. The topological polar surface area (TPSA) is 55.1 Å². The van der Waals surface area contributed by atoms with Crippen molar-refractivity contribution < 1.29 is 13.6 Å². The number of hydrogen-bond donors (Lipinski definition) is 2. The minimum atomic E-state index is -2.45. The monoisotopic (exact) mass is 308 g/mol. The van der Waals surface area contributed by atoms with Crippen LogP contribution in [-0.2, 0) is 6.54 Å². The number of thioether (sulfide) groups is 1. The number of amides is 1. The molecule has 21 heavy (non-hydrogen) atoms. The fraction of sp³-hybridized carbons (Fsp3) is 0.133. The number of nitrogens with two attached hydrogens (primary N) is 1. The molecule has 0 heterocycles. The first-order chi connectivity index (χ1) is 10.1. The molecule has 2 rings (SSSR count). The van der Waals surface area contributed by atoms with Gasteiger partial charge >= 0.3 is 0 Å². The predicted octanol–water partition coefficient (Wildman–Crippen LogP) is 3.71. The van der Waals surface area contributed by atoms with Crippen LogP contribution in [0.1, 0.15) is 15.9 Å². The van der Waals surface area contributed by atoms with Crippen LogP contribution in [0.2, 0.25) is 0 Å². The van der Waals surface area contributed by atoms with E-state index in [-0.39, 0.29) is 5.91 Å². The van der Waals surface area contributed by atoms with Gasteiger partial charge < -0.3 is 11.1 Å². The van der Waals surface area contributed by atoms with Gasteiger partial charge in [-0.25, -0.2) is 0 Å². The first-order valence-corrected chi connectivity index (χ1v) is 7.11. The lowest BCUT2D eigenvalue weighted by molar-refractivity contribution is 0.102. The van der Waals surface area contributed by atoms with Crippen molar-refractivity contribution in [2.24, 2.45) is 5.73 Å². The van der Waals surface area contributed by atoms with Crippen LogP contribution in [0, 0.1) is 0 Å². The number of nitrogens with one attached hydrogen (secondary N) is 1. The summed E-state index contributed by atoms with van der Waals surface area (Å²) in [5.41, 5.74) is 7.51. The zero-order valence-corrected chi connectivity index (χ0v) is 11.9. The Bertz CT molecular complexity index is 600. The van der Waals surface area contributed by atoms with E-state index in [1.165, 1.54) is 0 Å². The third kappa shape index (κ3) is 4.54. The first kappa shape index (κ1) is 15.5. The van der Waals surface area contributed by atoms with E-state index in [0.717, 1.165) is 5.56 Å². The van der Waals surface area contributed by atoms with Crippen molar-refractivity contribution in [3.63, 3.8) is 0 Å². The molecule has 0 radical (unpaired) electrons. The van der Waals surface area contributed by atoms with Crippen LogP contribution in [-0.4, -0.2) is 11.7 Å². The number of carbonyl (C=O) groups excluding carboxylic acids is 1. The van der Waals surface area contributed by atoms with E-state index in [1.807, 2.05) is 0 Å². The van der Waals surface area contributed by atoms with Crippen molar-refractivity contribution in [3.8, 4) is 0 Å². The fourth-order valence-electron chi connectivity index (χ4n) is 1.72. The van der Waals surface area contributed by atoms with Crippen LogP contribution in [0.25, 0.3) is 0 Å². The van der Waals surface area contributed by atoms with Gasteiger partial charge in [0, 0.05) is 22.7 Å². The molecule has 110 valence electrons. The summed E-state index contributed by atoms with van der Waals surface area (Å²) < 4.78 is 24.4. The van der Waals surface area contributed by atoms with E-state index in [2.05, 4.69) is 5.32 Å². The number of hydrogen-bond acceptors (Lipinski definition) is 3. The summed E-state index contributed by atoms with van der Waals surface area (Å²) >= 11 is 0.469. The highest BCUT2D eigenvalue weighted by molar-refractivity contribution is 7.99. The van der Waals surface area contributed by atoms with Gasteiger partial charge in [0.15, 0.2) is 0 Å². The molecule has 0 bridgehead atoms. The summed E-state index contributed by atoms with van der Waals surface area (Å²) in [6, 6.07) is 13.2. The zero-order chi connectivity index (χ0) is 15.2. The average Bonchev–Trinajstić information content (AvgIpc) is 2.49. The average molecular weight is 308 g/mol. The molecule has 6 heteroatoms. The quantitative estimate of drug-likeness (QED) is 0.828. The summed E-state index contributed by atoms with van der Waals surface area (Å²) in [6.07, 6.45) is 0. The van der Waals surface area contributed by atoms with Gasteiger partial charge in [-0.15, -0.1) is 0 Å². The SMILES string of the molecule is NCc1ccc(C(=O)Nc2ccc(SC(F)F)cc2)cc1. The molecular weight excluding hydrogens is 294 g/mol. The highest BCUT2D eigenvalue weighted by atomic mass is 32.2. The van der Waals surface area contributed by atoms with Gasteiger partial charge in [-0.2, -0.15) is 8.78 Å². The molecule has 0 saturated heterocycles. The third-order valence-corrected chi connectivity index (χ3v) is 3.51. The highest BCUT2D eigenvalue weighted by Gasteiger charge is 2.07. The Balaban J connectivity index is 2.01. The first-order valence-electron chi connectivity index (χ1n) is 6.23. The molecule has 2 aromatic carbocycles. The van der Waals surface area contributed by atoms with Crippen molar-refractivity contribution >= 4 is 23.4 Å². The van der Waals surface area contributed by atoms with Crippen molar-refractivity contribution in [2.75, 3.05) is 5.32 Å². The van der Waals surface area contributed by atoms with Crippen LogP contribution in [0.5, 0.6) is 0 Å². The molecular formula is C15H14F2N2OS. The van der Waals surface area contributed by atoms with Crippen LogP contribution < -0.4 is 11.1 Å². The summed E-state index contributed by atoms with van der Waals surface area (Å²) in [6.45, 7) is 0.422. The molecule has 0 aromatic heterocycles. The molecule has 2 aromatic rings. The number of alkyl halides is 2. The molecule has 0 aliphatic rings. The Morgan fingerprint density at radius 2 is 1.71 bits per heavy atom. The van der Waals surface area contributed by atoms with Crippen LogP contribution in [0.15, 0.2) is 53.4 Å². The Morgan fingerprint density at radius 3 is 2.24 bits per heavy atom. The Morgan fingerprint density at radius 1 is 1.10 bits per heavy atom. The Hall–Kier alpha value is -1.92. The molecule has 0 atom stereocenters. The molecule has 1 amide bonds. The van der Waals surface area contributed by atoms with Gasteiger partial charge in [-0.3, -0.25) is 4.79 Å². The highest BCUT2D eigenvalue weighted by Crippen LogP contribution is 2.26. The summed E-state index contributed by atoms with van der Waals surface area (Å²) in [5, 5.41) is 2.71. The molecule has 0 saturated carbocycles. The van der Waals surface area contributed by atoms with Crippen molar-refractivity contribution in [3.05, 3.63) is 59.7 Å². The lowest BCUT2D eigenvalue weighted by atomic mass is 10.1. The standard InChI is InChI=1S/C15H14F2N2OS/c16-15(17)21-13-7-5-12(6-8-13)19-14(20)11-3-1-10(9-18)2-4-11/h1-8,15H,9,18H2,(H,19,20). The third-order valence-electron chi connectivity index (χ3n) is 2.79. The normalized spacial score (nSPS) is 10.7. The van der Waals surface area contributed by atoms with Crippen molar-refractivity contribution in [2.45, 2.75) is 17.2 Å².